The topological polar surface area (TPSA) is 55.6 Å². The maximum Gasteiger partial charge on any atom is 0.242 e. The van der Waals surface area contributed by atoms with Crippen LogP contribution >= 0.6 is 15.9 Å². The van der Waals surface area contributed by atoms with Crippen LogP contribution in [0.15, 0.2) is 28.7 Å². The van der Waals surface area contributed by atoms with E-state index < -0.39 is 6.04 Å². The first-order valence-corrected chi connectivity index (χ1v) is 7.20. The molecule has 1 saturated carbocycles. The highest BCUT2D eigenvalue weighted by molar-refractivity contribution is 9.10. The van der Waals surface area contributed by atoms with Gasteiger partial charge in [0.25, 0.3) is 0 Å². The number of carbonyl (C=O) groups is 1. The summed E-state index contributed by atoms with van der Waals surface area (Å²) in [6.07, 6.45) is 2.14. The SMILES string of the molecule is COCC(N)C(=O)N(Cc1cccc(Br)c1)C1CC1. The zero-order chi connectivity index (χ0) is 13.8. The Hall–Kier alpha value is -0.910. The predicted molar refractivity (Wildman–Crippen MR) is 77.6 cm³/mol. The molecular weight excluding hydrogens is 308 g/mol. The van der Waals surface area contributed by atoms with Crippen LogP contribution in [0.1, 0.15) is 18.4 Å². The van der Waals surface area contributed by atoms with Gasteiger partial charge in [-0.15, -0.1) is 0 Å². The van der Waals surface area contributed by atoms with Gasteiger partial charge in [0.2, 0.25) is 5.91 Å². The lowest BCUT2D eigenvalue weighted by Gasteiger charge is -2.25. The number of hydrogen-bond donors (Lipinski definition) is 1. The first-order chi connectivity index (χ1) is 9.11. The fraction of sp³-hybridized carbons (Fsp3) is 0.500. The summed E-state index contributed by atoms with van der Waals surface area (Å²) in [5.74, 6) is -0.0238. The van der Waals surface area contributed by atoms with Gasteiger partial charge in [0, 0.05) is 24.2 Å². The Labute approximate surface area is 122 Å². The first-order valence-electron chi connectivity index (χ1n) is 6.41. The van der Waals surface area contributed by atoms with Crippen molar-refractivity contribution >= 4 is 21.8 Å². The van der Waals surface area contributed by atoms with E-state index in [1.165, 1.54) is 0 Å². The molecule has 104 valence electrons. The van der Waals surface area contributed by atoms with Gasteiger partial charge >= 0.3 is 0 Å². The Balaban J connectivity index is 2.06. The quantitative estimate of drug-likeness (QED) is 0.868. The fourth-order valence-electron chi connectivity index (χ4n) is 2.07. The number of nitrogens with two attached hydrogens (primary N) is 1. The molecule has 0 radical (unpaired) electrons. The van der Waals surface area contributed by atoms with E-state index in [2.05, 4.69) is 15.9 Å². The van der Waals surface area contributed by atoms with Crippen LogP contribution in [-0.4, -0.2) is 36.6 Å². The summed E-state index contributed by atoms with van der Waals surface area (Å²) in [6, 6.07) is 7.78. The third-order valence-electron chi connectivity index (χ3n) is 3.18. The molecular formula is C14H19BrN2O2. The molecule has 1 aromatic rings. The Kier molecular flexibility index (Phi) is 4.96. The lowest BCUT2D eigenvalue weighted by Crippen LogP contribution is -2.46. The molecule has 1 unspecified atom stereocenters. The normalized spacial score (nSPS) is 16.2. The summed E-state index contributed by atoms with van der Waals surface area (Å²) in [5.41, 5.74) is 6.96. The lowest BCUT2D eigenvalue weighted by molar-refractivity contribution is -0.135. The average Bonchev–Trinajstić information content (AvgIpc) is 3.20. The Morgan fingerprint density at radius 1 is 1.58 bits per heavy atom. The lowest BCUT2D eigenvalue weighted by atomic mass is 10.2. The fourth-order valence-corrected chi connectivity index (χ4v) is 2.52. The van der Waals surface area contributed by atoms with Gasteiger partial charge in [0.1, 0.15) is 6.04 Å². The molecule has 5 heteroatoms. The van der Waals surface area contributed by atoms with Crippen LogP contribution < -0.4 is 5.73 Å². The van der Waals surface area contributed by atoms with Crippen molar-refractivity contribution in [2.24, 2.45) is 5.73 Å². The third kappa shape index (κ3) is 4.03. The molecule has 0 aromatic heterocycles. The number of benzene rings is 1. The minimum absolute atomic E-state index is 0.0238. The molecule has 0 heterocycles. The predicted octanol–water partition coefficient (Wildman–Crippen LogP) is 1.91. The molecule has 4 nitrogen and oxygen atoms in total. The van der Waals surface area contributed by atoms with Gasteiger partial charge in [-0.1, -0.05) is 28.1 Å². The molecule has 19 heavy (non-hydrogen) atoms. The van der Waals surface area contributed by atoms with Crippen LogP contribution in [-0.2, 0) is 16.1 Å². The van der Waals surface area contributed by atoms with E-state index in [-0.39, 0.29) is 12.5 Å². The second-order valence-corrected chi connectivity index (χ2v) is 5.80. The van der Waals surface area contributed by atoms with Crippen LogP contribution in [0.3, 0.4) is 0 Å². The van der Waals surface area contributed by atoms with Gasteiger partial charge in [-0.25, -0.2) is 0 Å². The average molecular weight is 327 g/mol. The van der Waals surface area contributed by atoms with E-state index in [0.717, 1.165) is 22.9 Å². The minimum Gasteiger partial charge on any atom is -0.383 e. The van der Waals surface area contributed by atoms with E-state index in [0.29, 0.717) is 12.6 Å². The van der Waals surface area contributed by atoms with Crippen LogP contribution in [0, 0.1) is 0 Å². The van der Waals surface area contributed by atoms with Crippen molar-refractivity contribution in [3.8, 4) is 0 Å². The Morgan fingerprint density at radius 3 is 2.89 bits per heavy atom. The molecule has 1 aromatic carbocycles. The molecule has 0 saturated heterocycles. The Bertz CT molecular complexity index is 449. The first kappa shape index (κ1) is 14.5. The highest BCUT2D eigenvalue weighted by Crippen LogP contribution is 2.29. The molecule has 1 aliphatic carbocycles. The van der Waals surface area contributed by atoms with Gasteiger partial charge in [-0.2, -0.15) is 0 Å². The number of amides is 1. The van der Waals surface area contributed by atoms with E-state index in [9.17, 15) is 4.79 Å². The van der Waals surface area contributed by atoms with Crippen molar-refractivity contribution in [2.45, 2.75) is 31.5 Å². The second-order valence-electron chi connectivity index (χ2n) is 4.89. The summed E-state index contributed by atoms with van der Waals surface area (Å²) >= 11 is 3.45. The highest BCUT2D eigenvalue weighted by Gasteiger charge is 2.34. The molecule has 0 aliphatic heterocycles. The van der Waals surface area contributed by atoms with Gasteiger partial charge in [0.05, 0.1) is 6.61 Å². The molecule has 0 spiro atoms. The van der Waals surface area contributed by atoms with Crippen molar-refractivity contribution in [3.63, 3.8) is 0 Å². The maximum atomic E-state index is 12.3. The molecule has 0 bridgehead atoms. The molecule has 1 amide bonds. The summed E-state index contributed by atoms with van der Waals surface area (Å²) in [7, 11) is 1.56. The zero-order valence-electron chi connectivity index (χ0n) is 11.0. The largest absolute Gasteiger partial charge is 0.383 e. The highest BCUT2D eigenvalue weighted by atomic mass is 79.9. The number of nitrogens with zero attached hydrogens (tertiary/aromatic N) is 1. The molecule has 1 aliphatic rings. The van der Waals surface area contributed by atoms with Crippen molar-refractivity contribution < 1.29 is 9.53 Å². The van der Waals surface area contributed by atoms with Gasteiger partial charge < -0.3 is 15.4 Å². The van der Waals surface area contributed by atoms with Gasteiger partial charge in [0.15, 0.2) is 0 Å². The summed E-state index contributed by atoms with van der Waals surface area (Å²) in [4.78, 5) is 14.2. The number of halogens is 1. The van der Waals surface area contributed by atoms with Crippen LogP contribution in [0.2, 0.25) is 0 Å². The zero-order valence-corrected chi connectivity index (χ0v) is 12.6. The van der Waals surface area contributed by atoms with E-state index in [1.54, 1.807) is 7.11 Å². The maximum absolute atomic E-state index is 12.3. The molecule has 1 atom stereocenters. The summed E-state index contributed by atoms with van der Waals surface area (Å²) < 4.78 is 5.99. The van der Waals surface area contributed by atoms with Crippen molar-refractivity contribution in [1.82, 2.24) is 4.90 Å². The number of ether oxygens (including phenoxy) is 1. The summed E-state index contributed by atoms with van der Waals surface area (Å²) in [6.45, 7) is 0.876. The van der Waals surface area contributed by atoms with E-state index in [4.69, 9.17) is 10.5 Å². The number of hydrogen-bond acceptors (Lipinski definition) is 3. The van der Waals surface area contributed by atoms with Crippen LogP contribution in [0.4, 0.5) is 0 Å². The van der Waals surface area contributed by atoms with Gasteiger partial charge in [-0.05, 0) is 30.5 Å². The second kappa shape index (κ2) is 6.50. The van der Waals surface area contributed by atoms with Crippen molar-refractivity contribution in [1.29, 1.82) is 0 Å². The smallest absolute Gasteiger partial charge is 0.242 e. The number of rotatable bonds is 6. The van der Waals surface area contributed by atoms with Crippen LogP contribution in [0.5, 0.6) is 0 Å². The molecule has 2 N–H and O–H groups in total. The van der Waals surface area contributed by atoms with Gasteiger partial charge in [-0.3, -0.25) is 4.79 Å². The monoisotopic (exact) mass is 326 g/mol. The molecule has 1 fully saturated rings. The number of methoxy groups -OCH3 is 1. The third-order valence-corrected chi connectivity index (χ3v) is 3.67. The summed E-state index contributed by atoms with van der Waals surface area (Å²) in [5, 5.41) is 0. The van der Waals surface area contributed by atoms with E-state index in [1.807, 2.05) is 29.2 Å². The number of carbonyl (C=O) groups excluding carboxylic acids is 1. The minimum atomic E-state index is -0.572. The van der Waals surface area contributed by atoms with Crippen molar-refractivity contribution in [2.75, 3.05) is 13.7 Å². The molecule has 2 rings (SSSR count). The van der Waals surface area contributed by atoms with Crippen molar-refractivity contribution in [3.05, 3.63) is 34.3 Å². The Morgan fingerprint density at radius 2 is 2.32 bits per heavy atom. The standard InChI is InChI=1S/C14H19BrN2O2/c1-19-9-13(16)14(18)17(12-5-6-12)8-10-3-2-4-11(15)7-10/h2-4,7,12-13H,5-6,8-9,16H2,1H3. The van der Waals surface area contributed by atoms with Crippen LogP contribution in [0.25, 0.3) is 0 Å². The van der Waals surface area contributed by atoms with E-state index >= 15 is 0 Å².